The van der Waals surface area contributed by atoms with Gasteiger partial charge in [-0.2, -0.15) is 0 Å². The molecule has 0 aliphatic heterocycles. The molecule has 1 atom stereocenters. The molecule has 0 spiro atoms. The minimum Gasteiger partial charge on any atom is -0.306 e. The van der Waals surface area contributed by atoms with E-state index in [1.165, 1.54) is 30.3 Å². The summed E-state index contributed by atoms with van der Waals surface area (Å²) in [6, 6.07) is 10.6. The number of benzene rings is 2. The molecule has 0 aliphatic rings. The molecule has 0 aromatic heterocycles. The second kappa shape index (κ2) is 6.13. The Bertz CT molecular complexity index is 555. The summed E-state index contributed by atoms with van der Waals surface area (Å²) in [7, 11) is 0. The highest BCUT2D eigenvalue weighted by Gasteiger charge is 2.07. The summed E-state index contributed by atoms with van der Waals surface area (Å²) in [4.78, 5) is 0. The van der Waals surface area contributed by atoms with Gasteiger partial charge in [-0.15, -0.1) is 0 Å². The predicted molar refractivity (Wildman–Crippen MR) is 73.1 cm³/mol. The molecule has 1 N–H and O–H groups in total. The van der Waals surface area contributed by atoms with E-state index < -0.39 is 0 Å². The highest BCUT2D eigenvalue weighted by molar-refractivity contribution is 6.31. The van der Waals surface area contributed by atoms with Crippen molar-refractivity contribution in [2.24, 2.45) is 0 Å². The molecule has 0 fully saturated rings. The average Bonchev–Trinajstić information content (AvgIpc) is 2.40. The van der Waals surface area contributed by atoms with E-state index in [1.54, 1.807) is 12.1 Å². The molecule has 2 rings (SSSR count). The summed E-state index contributed by atoms with van der Waals surface area (Å²) in [5.41, 5.74) is 1.67. The fraction of sp³-hybridized carbons (Fsp3) is 0.200. The molecule has 19 heavy (non-hydrogen) atoms. The maximum atomic E-state index is 13.1. The van der Waals surface area contributed by atoms with Crippen molar-refractivity contribution in [3.63, 3.8) is 0 Å². The molecule has 2 aromatic carbocycles. The zero-order valence-electron chi connectivity index (χ0n) is 10.5. The van der Waals surface area contributed by atoms with Crippen LogP contribution < -0.4 is 5.32 Å². The molecular formula is C15H14ClF2N. The maximum Gasteiger partial charge on any atom is 0.123 e. The number of halogens is 3. The molecule has 0 aliphatic carbocycles. The smallest absolute Gasteiger partial charge is 0.123 e. The van der Waals surface area contributed by atoms with Crippen molar-refractivity contribution in [2.75, 3.05) is 0 Å². The number of nitrogens with one attached hydrogen (secondary N) is 1. The van der Waals surface area contributed by atoms with E-state index in [0.29, 0.717) is 17.1 Å². The normalized spacial score (nSPS) is 12.4. The summed E-state index contributed by atoms with van der Waals surface area (Å²) in [6.07, 6.45) is 0. The summed E-state index contributed by atoms with van der Waals surface area (Å²) in [6.45, 7) is 2.41. The van der Waals surface area contributed by atoms with Gasteiger partial charge >= 0.3 is 0 Å². The van der Waals surface area contributed by atoms with E-state index in [-0.39, 0.29) is 17.7 Å². The Morgan fingerprint density at radius 3 is 2.37 bits per heavy atom. The van der Waals surface area contributed by atoms with Crippen molar-refractivity contribution in [1.82, 2.24) is 5.32 Å². The SMILES string of the molecule is C[C@@H](NCc1cc(F)ccc1Cl)c1ccc(F)cc1. The molecular weight excluding hydrogens is 268 g/mol. The zero-order chi connectivity index (χ0) is 13.8. The quantitative estimate of drug-likeness (QED) is 0.872. The van der Waals surface area contributed by atoms with E-state index in [1.807, 2.05) is 6.92 Å². The van der Waals surface area contributed by atoms with Crippen LogP contribution in [0.5, 0.6) is 0 Å². The third-order valence-corrected chi connectivity index (χ3v) is 3.35. The van der Waals surface area contributed by atoms with Gasteiger partial charge in [0.1, 0.15) is 11.6 Å². The van der Waals surface area contributed by atoms with Crippen molar-refractivity contribution in [3.8, 4) is 0 Å². The second-order valence-corrected chi connectivity index (χ2v) is 4.80. The van der Waals surface area contributed by atoms with E-state index >= 15 is 0 Å². The van der Waals surface area contributed by atoms with E-state index in [0.717, 1.165) is 5.56 Å². The van der Waals surface area contributed by atoms with Crippen LogP contribution in [0.15, 0.2) is 42.5 Å². The Morgan fingerprint density at radius 2 is 1.68 bits per heavy atom. The largest absolute Gasteiger partial charge is 0.306 e. The van der Waals surface area contributed by atoms with Crippen LogP contribution >= 0.6 is 11.6 Å². The second-order valence-electron chi connectivity index (χ2n) is 4.39. The van der Waals surface area contributed by atoms with Gasteiger partial charge in [-0.25, -0.2) is 8.78 Å². The van der Waals surface area contributed by atoms with Gasteiger partial charge in [0.25, 0.3) is 0 Å². The molecule has 0 heterocycles. The first-order chi connectivity index (χ1) is 9.06. The lowest BCUT2D eigenvalue weighted by Crippen LogP contribution is -2.18. The van der Waals surface area contributed by atoms with Crippen LogP contribution in [-0.2, 0) is 6.54 Å². The minimum atomic E-state index is -0.310. The molecule has 100 valence electrons. The molecule has 4 heteroatoms. The van der Waals surface area contributed by atoms with E-state index in [9.17, 15) is 8.78 Å². The first kappa shape index (κ1) is 14.0. The lowest BCUT2D eigenvalue weighted by molar-refractivity contribution is 0.566. The monoisotopic (exact) mass is 281 g/mol. The Balaban J connectivity index is 2.02. The predicted octanol–water partition coefficient (Wildman–Crippen LogP) is 4.47. The van der Waals surface area contributed by atoms with E-state index in [4.69, 9.17) is 11.6 Å². The summed E-state index contributed by atoms with van der Waals surface area (Å²) >= 11 is 5.99. The fourth-order valence-electron chi connectivity index (χ4n) is 1.81. The lowest BCUT2D eigenvalue weighted by Gasteiger charge is -2.15. The van der Waals surface area contributed by atoms with Crippen LogP contribution in [0.2, 0.25) is 5.02 Å². The molecule has 2 aromatic rings. The van der Waals surface area contributed by atoms with Crippen LogP contribution in [0.1, 0.15) is 24.1 Å². The third kappa shape index (κ3) is 3.75. The van der Waals surface area contributed by atoms with Crippen molar-refractivity contribution < 1.29 is 8.78 Å². The average molecular weight is 282 g/mol. The van der Waals surface area contributed by atoms with Gasteiger partial charge in [-0.1, -0.05) is 23.7 Å². The summed E-state index contributed by atoms with van der Waals surface area (Å²) in [5, 5.41) is 3.76. The van der Waals surface area contributed by atoms with Gasteiger partial charge < -0.3 is 5.32 Å². The Kier molecular flexibility index (Phi) is 4.51. The van der Waals surface area contributed by atoms with Gasteiger partial charge in [0.15, 0.2) is 0 Å². The summed E-state index contributed by atoms with van der Waals surface area (Å²) < 4.78 is 25.9. The molecule has 1 nitrogen and oxygen atoms in total. The standard InChI is InChI=1S/C15H14ClF2N/c1-10(11-2-4-13(17)5-3-11)19-9-12-8-14(18)6-7-15(12)16/h2-8,10,19H,9H2,1H3/t10-/m1/s1. The molecule has 0 saturated heterocycles. The van der Waals surface area contributed by atoms with Gasteiger partial charge in [-0.3, -0.25) is 0 Å². The topological polar surface area (TPSA) is 12.0 Å². The molecule has 0 bridgehead atoms. The molecule has 0 unspecified atom stereocenters. The van der Waals surface area contributed by atoms with Gasteiger partial charge in [-0.05, 0) is 48.4 Å². The fourth-order valence-corrected chi connectivity index (χ4v) is 2.00. The van der Waals surface area contributed by atoms with Crippen LogP contribution in [-0.4, -0.2) is 0 Å². The number of hydrogen-bond donors (Lipinski definition) is 1. The number of rotatable bonds is 4. The van der Waals surface area contributed by atoms with Crippen molar-refractivity contribution >= 4 is 11.6 Å². The minimum absolute atomic E-state index is 0.0277. The van der Waals surface area contributed by atoms with Gasteiger partial charge in [0.05, 0.1) is 0 Å². The Morgan fingerprint density at radius 1 is 1.05 bits per heavy atom. The first-order valence-corrected chi connectivity index (χ1v) is 6.37. The van der Waals surface area contributed by atoms with E-state index in [2.05, 4.69) is 5.32 Å². The van der Waals surface area contributed by atoms with Crippen LogP contribution in [0.3, 0.4) is 0 Å². The Labute approximate surface area is 116 Å². The number of hydrogen-bond acceptors (Lipinski definition) is 1. The highest BCUT2D eigenvalue weighted by atomic mass is 35.5. The van der Waals surface area contributed by atoms with Gasteiger partial charge in [0.2, 0.25) is 0 Å². The maximum absolute atomic E-state index is 13.1. The van der Waals surface area contributed by atoms with Crippen molar-refractivity contribution in [3.05, 3.63) is 70.2 Å². The van der Waals surface area contributed by atoms with Crippen LogP contribution in [0, 0.1) is 11.6 Å². The highest BCUT2D eigenvalue weighted by Crippen LogP contribution is 2.19. The first-order valence-electron chi connectivity index (χ1n) is 5.99. The molecule has 0 amide bonds. The molecule has 0 radical (unpaired) electrons. The van der Waals surface area contributed by atoms with Gasteiger partial charge in [0, 0.05) is 17.6 Å². The van der Waals surface area contributed by atoms with Crippen LogP contribution in [0.4, 0.5) is 8.78 Å². The Hall–Kier alpha value is -1.45. The van der Waals surface area contributed by atoms with Crippen LogP contribution in [0.25, 0.3) is 0 Å². The zero-order valence-corrected chi connectivity index (χ0v) is 11.2. The lowest BCUT2D eigenvalue weighted by atomic mass is 10.1. The third-order valence-electron chi connectivity index (χ3n) is 2.98. The molecule has 0 saturated carbocycles. The van der Waals surface area contributed by atoms with Crippen molar-refractivity contribution in [1.29, 1.82) is 0 Å². The summed E-state index contributed by atoms with van der Waals surface area (Å²) in [5.74, 6) is -0.570. The van der Waals surface area contributed by atoms with Crippen molar-refractivity contribution in [2.45, 2.75) is 19.5 Å².